The molecule has 0 aromatic carbocycles. The lowest BCUT2D eigenvalue weighted by atomic mass is 10.1. The van der Waals surface area contributed by atoms with Crippen molar-refractivity contribution in [3.8, 4) is 0 Å². The van der Waals surface area contributed by atoms with E-state index < -0.39 is 0 Å². The largest absolute Gasteiger partial charge is 0.356 e. The molecule has 1 aromatic rings. The molecule has 1 fully saturated rings. The molecule has 0 unspecified atom stereocenters. The maximum absolute atomic E-state index is 5.75. The summed E-state index contributed by atoms with van der Waals surface area (Å²) in [4.78, 5) is 2.49. The number of aromatic nitrogens is 2. The van der Waals surface area contributed by atoms with Crippen LogP contribution in [0.5, 0.6) is 0 Å². The summed E-state index contributed by atoms with van der Waals surface area (Å²) in [6, 6.07) is 0. The van der Waals surface area contributed by atoms with Gasteiger partial charge in [0.2, 0.25) is 0 Å². The highest BCUT2D eigenvalue weighted by molar-refractivity contribution is 8.00. The van der Waals surface area contributed by atoms with Gasteiger partial charge in [-0.25, -0.2) is 0 Å². The van der Waals surface area contributed by atoms with Crippen LogP contribution in [-0.2, 0) is 13.5 Å². The van der Waals surface area contributed by atoms with Gasteiger partial charge < -0.3 is 10.6 Å². The summed E-state index contributed by atoms with van der Waals surface area (Å²) in [5.41, 5.74) is 8.20. The van der Waals surface area contributed by atoms with Gasteiger partial charge in [-0.1, -0.05) is 13.8 Å². The van der Waals surface area contributed by atoms with E-state index in [0.29, 0.717) is 11.3 Å². The van der Waals surface area contributed by atoms with E-state index in [2.05, 4.69) is 42.5 Å². The average Bonchev–Trinajstić information content (AvgIpc) is 2.49. The molecule has 0 spiro atoms. The predicted molar refractivity (Wildman–Crippen MR) is 84.1 cm³/mol. The number of hydrogen-bond donors (Lipinski definition) is 1. The van der Waals surface area contributed by atoms with Gasteiger partial charge in [0.05, 0.1) is 5.69 Å². The molecule has 0 bridgehead atoms. The normalized spacial score (nSPS) is 19.5. The molecule has 0 amide bonds. The molecule has 0 aliphatic carbocycles. The summed E-state index contributed by atoms with van der Waals surface area (Å²) in [6.45, 7) is 9.67. The van der Waals surface area contributed by atoms with E-state index in [4.69, 9.17) is 5.73 Å². The van der Waals surface area contributed by atoms with Crippen LogP contribution in [-0.4, -0.2) is 39.9 Å². The molecule has 1 aromatic heterocycles. The van der Waals surface area contributed by atoms with Crippen LogP contribution in [0.4, 0.5) is 5.82 Å². The van der Waals surface area contributed by atoms with Crippen LogP contribution in [0.3, 0.4) is 0 Å². The van der Waals surface area contributed by atoms with Crippen LogP contribution in [0.15, 0.2) is 0 Å². The molecule has 108 valence electrons. The van der Waals surface area contributed by atoms with Crippen molar-refractivity contribution in [2.45, 2.75) is 38.4 Å². The number of hydrogen-bond acceptors (Lipinski definition) is 4. The van der Waals surface area contributed by atoms with Crippen molar-refractivity contribution < 1.29 is 0 Å². The fourth-order valence-corrected chi connectivity index (χ4v) is 3.85. The Labute approximate surface area is 120 Å². The van der Waals surface area contributed by atoms with Crippen molar-refractivity contribution in [2.24, 2.45) is 12.8 Å². The van der Waals surface area contributed by atoms with Gasteiger partial charge >= 0.3 is 0 Å². The van der Waals surface area contributed by atoms with Gasteiger partial charge in [-0.3, -0.25) is 4.68 Å². The summed E-state index contributed by atoms with van der Waals surface area (Å²) in [5, 5.41) is 4.58. The Morgan fingerprint density at radius 3 is 2.79 bits per heavy atom. The molecule has 0 radical (unpaired) electrons. The van der Waals surface area contributed by atoms with Gasteiger partial charge in [0.1, 0.15) is 5.82 Å². The van der Waals surface area contributed by atoms with E-state index >= 15 is 0 Å². The smallest absolute Gasteiger partial charge is 0.130 e. The Morgan fingerprint density at radius 1 is 1.37 bits per heavy atom. The fraction of sp³-hybridized carbons (Fsp3) is 0.786. The van der Waals surface area contributed by atoms with E-state index in [9.17, 15) is 0 Å². The Balaban J connectivity index is 2.26. The van der Waals surface area contributed by atoms with E-state index in [1.165, 1.54) is 23.6 Å². The number of anilines is 1. The van der Waals surface area contributed by atoms with Crippen LogP contribution >= 0.6 is 11.8 Å². The van der Waals surface area contributed by atoms with Gasteiger partial charge in [-0.15, -0.1) is 0 Å². The van der Waals surface area contributed by atoms with Crippen LogP contribution in [0.25, 0.3) is 0 Å². The van der Waals surface area contributed by atoms with Crippen molar-refractivity contribution in [2.75, 3.05) is 30.3 Å². The SMILES string of the molecule is Cc1nn(C)c(N2CCSC(C)(C)CC2)c1CCN. The Bertz CT molecular complexity index is 439. The lowest BCUT2D eigenvalue weighted by molar-refractivity contribution is 0.622. The zero-order valence-electron chi connectivity index (χ0n) is 12.6. The molecule has 0 saturated carbocycles. The highest BCUT2D eigenvalue weighted by Gasteiger charge is 2.26. The lowest BCUT2D eigenvalue weighted by Crippen LogP contribution is -2.29. The average molecular weight is 282 g/mol. The van der Waals surface area contributed by atoms with Crippen molar-refractivity contribution in [3.05, 3.63) is 11.3 Å². The maximum Gasteiger partial charge on any atom is 0.130 e. The van der Waals surface area contributed by atoms with Crippen molar-refractivity contribution in [1.82, 2.24) is 9.78 Å². The fourth-order valence-electron chi connectivity index (χ4n) is 2.75. The van der Waals surface area contributed by atoms with Gasteiger partial charge in [-0.2, -0.15) is 16.9 Å². The second-order valence-electron chi connectivity index (χ2n) is 5.90. The predicted octanol–water partition coefficient (Wildman–Crippen LogP) is 1.95. The minimum absolute atomic E-state index is 0.385. The number of nitrogens with two attached hydrogens (primary N) is 1. The summed E-state index contributed by atoms with van der Waals surface area (Å²) in [5.74, 6) is 2.46. The summed E-state index contributed by atoms with van der Waals surface area (Å²) < 4.78 is 2.42. The molecule has 5 heteroatoms. The maximum atomic E-state index is 5.75. The van der Waals surface area contributed by atoms with Gasteiger partial charge in [0.25, 0.3) is 0 Å². The van der Waals surface area contributed by atoms with Gasteiger partial charge in [-0.05, 0) is 26.3 Å². The number of thioether (sulfide) groups is 1. The molecule has 2 N–H and O–H groups in total. The van der Waals surface area contributed by atoms with Gasteiger partial charge in [0, 0.05) is 36.2 Å². The van der Waals surface area contributed by atoms with E-state index in [1.807, 2.05) is 11.7 Å². The lowest BCUT2D eigenvalue weighted by Gasteiger charge is -2.25. The second kappa shape index (κ2) is 5.75. The van der Waals surface area contributed by atoms with Crippen LogP contribution in [0.2, 0.25) is 0 Å². The minimum Gasteiger partial charge on any atom is -0.356 e. The van der Waals surface area contributed by atoms with Crippen molar-refractivity contribution in [1.29, 1.82) is 0 Å². The first kappa shape index (κ1) is 14.7. The third kappa shape index (κ3) is 3.26. The third-order valence-electron chi connectivity index (χ3n) is 3.84. The summed E-state index contributed by atoms with van der Waals surface area (Å²) in [7, 11) is 2.05. The topological polar surface area (TPSA) is 47.1 Å². The first-order valence-electron chi connectivity index (χ1n) is 7.06. The number of aryl methyl sites for hydroxylation is 2. The quantitative estimate of drug-likeness (QED) is 0.920. The van der Waals surface area contributed by atoms with Crippen LogP contribution in [0, 0.1) is 6.92 Å². The molecule has 1 aliphatic heterocycles. The highest BCUT2D eigenvalue weighted by atomic mass is 32.2. The molecule has 0 atom stereocenters. The summed E-state index contributed by atoms with van der Waals surface area (Å²) in [6.07, 6.45) is 2.13. The van der Waals surface area contributed by atoms with Crippen molar-refractivity contribution >= 4 is 17.6 Å². The second-order valence-corrected chi connectivity index (χ2v) is 7.70. The van der Waals surface area contributed by atoms with Gasteiger partial charge in [0.15, 0.2) is 0 Å². The zero-order valence-corrected chi connectivity index (χ0v) is 13.4. The zero-order chi connectivity index (χ0) is 14.0. The molecule has 19 heavy (non-hydrogen) atoms. The van der Waals surface area contributed by atoms with Crippen LogP contribution in [0.1, 0.15) is 31.5 Å². The van der Waals surface area contributed by atoms with E-state index in [0.717, 1.165) is 25.2 Å². The minimum atomic E-state index is 0.385. The first-order chi connectivity index (χ1) is 8.94. The monoisotopic (exact) mass is 282 g/mol. The molecule has 4 nitrogen and oxygen atoms in total. The standard InChI is InChI=1S/C14H26N4S/c1-11-12(5-7-15)13(17(4)16-11)18-8-6-14(2,3)19-10-9-18/h5-10,15H2,1-4H3. The Morgan fingerprint density at radius 2 is 2.11 bits per heavy atom. The number of nitrogens with zero attached hydrogens (tertiary/aromatic N) is 3. The molecule has 1 aliphatic rings. The Kier molecular flexibility index (Phi) is 4.46. The summed E-state index contributed by atoms with van der Waals surface area (Å²) >= 11 is 2.08. The first-order valence-corrected chi connectivity index (χ1v) is 8.04. The highest BCUT2D eigenvalue weighted by Crippen LogP contribution is 2.33. The molecule has 1 saturated heterocycles. The van der Waals surface area contributed by atoms with Crippen molar-refractivity contribution in [3.63, 3.8) is 0 Å². The van der Waals surface area contributed by atoms with Crippen LogP contribution < -0.4 is 10.6 Å². The van der Waals surface area contributed by atoms with E-state index in [1.54, 1.807) is 0 Å². The molecule has 2 rings (SSSR count). The molecular weight excluding hydrogens is 256 g/mol. The third-order valence-corrected chi connectivity index (χ3v) is 5.22. The molecule has 2 heterocycles. The number of rotatable bonds is 3. The molecular formula is C14H26N4S. The Hall–Kier alpha value is -0.680. The van der Waals surface area contributed by atoms with E-state index in [-0.39, 0.29) is 0 Å².